The van der Waals surface area contributed by atoms with Gasteiger partial charge in [0.15, 0.2) is 0 Å². The number of rotatable bonds is 3. The van der Waals surface area contributed by atoms with Gasteiger partial charge in [-0.15, -0.1) is 0 Å². The number of nitrogens with one attached hydrogen (secondary N) is 1. The summed E-state index contributed by atoms with van der Waals surface area (Å²) in [7, 11) is -2.51. The van der Waals surface area contributed by atoms with Crippen LogP contribution in [-0.4, -0.2) is 21.4 Å². The van der Waals surface area contributed by atoms with Crippen LogP contribution >= 0.6 is 0 Å². The first-order valence-electron chi connectivity index (χ1n) is 3.91. The Kier molecular flexibility index (Phi) is 2.96. The van der Waals surface area contributed by atoms with Crippen molar-refractivity contribution >= 4 is 15.9 Å². The summed E-state index contributed by atoms with van der Waals surface area (Å²) in [6.07, 6.45) is 0. The lowest BCUT2D eigenvalue weighted by molar-refractivity contribution is 0.402. The van der Waals surface area contributed by atoms with Crippen LogP contribution in [0.5, 0.6) is 5.75 Å². The third-order valence-electron chi connectivity index (χ3n) is 1.78. The van der Waals surface area contributed by atoms with Crippen molar-refractivity contribution in [3.63, 3.8) is 0 Å². The molecule has 7 heteroatoms. The zero-order chi connectivity index (χ0) is 11.6. The fourth-order valence-corrected chi connectivity index (χ4v) is 1.75. The Balaban J connectivity index is 3.40. The van der Waals surface area contributed by atoms with E-state index in [1.165, 1.54) is 25.3 Å². The molecule has 0 radical (unpaired) electrons. The minimum absolute atomic E-state index is 0.0743. The molecule has 1 rings (SSSR count). The van der Waals surface area contributed by atoms with Crippen LogP contribution in [-0.2, 0) is 10.0 Å². The predicted octanol–water partition coefficient (Wildman–Crippen LogP) is -0.373. The van der Waals surface area contributed by atoms with E-state index in [0.717, 1.165) is 0 Å². The summed E-state index contributed by atoms with van der Waals surface area (Å²) in [6.45, 7) is 0. The van der Waals surface area contributed by atoms with E-state index in [-0.39, 0.29) is 16.5 Å². The second-order valence-electron chi connectivity index (χ2n) is 2.82. The Morgan fingerprint density at radius 3 is 2.47 bits per heavy atom. The summed E-state index contributed by atoms with van der Waals surface area (Å²) in [4.78, 5) is -0.130. The Morgan fingerprint density at radius 2 is 2.07 bits per heavy atom. The number of amidine groups is 1. The first-order valence-corrected chi connectivity index (χ1v) is 5.46. The van der Waals surface area contributed by atoms with Crippen molar-refractivity contribution < 1.29 is 13.2 Å². The maximum absolute atomic E-state index is 11.1. The highest BCUT2D eigenvalue weighted by atomic mass is 32.2. The van der Waals surface area contributed by atoms with E-state index in [4.69, 9.17) is 21.0 Å². The van der Waals surface area contributed by atoms with E-state index in [9.17, 15) is 8.42 Å². The smallest absolute Gasteiger partial charge is 0.241 e. The molecule has 6 nitrogen and oxygen atoms in total. The number of primary sulfonamides is 1. The van der Waals surface area contributed by atoms with Gasteiger partial charge >= 0.3 is 0 Å². The van der Waals surface area contributed by atoms with Crippen molar-refractivity contribution in [2.45, 2.75) is 4.90 Å². The second-order valence-corrected chi connectivity index (χ2v) is 4.35. The van der Waals surface area contributed by atoms with Crippen molar-refractivity contribution in [2.75, 3.05) is 7.11 Å². The molecule has 0 aromatic heterocycles. The normalized spacial score (nSPS) is 11.1. The van der Waals surface area contributed by atoms with Gasteiger partial charge in [-0.05, 0) is 18.2 Å². The highest BCUT2D eigenvalue weighted by molar-refractivity contribution is 7.89. The number of benzene rings is 1. The Labute approximate surface area is 87.4 Å². The van der Waals surface area contributed by atoms with Crippen molar-refractivity contribution in [2.24, 2.45) is 10.9 Å². The number of ether oxygens (including phenoxy) is 1. The van der Waals surface area contributed by atoms with Gasteiger partial charge in [0.25, 0.3) is 0 Å². The van der Waals surface area contributed by atoms with Gasteiger partial charge in [0.05, 0.1) is 7.11 Å². The maximum Gasteiger partial charge on any atom is 0.241 e. The van der Waals surface area contributed by atoms with Crippen LogP contribution in [0.3, 0.4) is 0 Å². The summed E-state index contributed by atoms with van der Waals surface area (Å²) >= 11 is 0. The number of hydrogen-bond acceptors (Lipinski definition) is 4. The van der Waals surface area contributed by atoms with Gasteiger partial charge < -0.3 is 10.5 Å². The molecule has 82 valence electrons. The largest absolute Gasteiger partial charge is 0.495 e. The molecule has 0 bridgehead atoms. The highest BCUT2D eigenvalue weighted by Gasteiger charge is 2.15. The molecule has 0 aliphatic carbocycles. The van der Waals surface area contributed by atoms with Crippen LogP contribution in [0.4, 0.5) is 0 Å². The fourth-order valence-electron chi connectivity index (χ4n) is 1.07. The number of methoxy groups -OCH3 is 1. The summed E-state index contributed by atoms with van der Waals surface area (Å²) in [5.74, 6) is -0.0977. The lowest BCUT2D eigenvalue weighted by Gasteiger charge is -2.07. The molecule has 0 aliphatic rings. The summed E-state index contributed by atoms with van der Waals surface area (Å²) < 4.78 is 27.1. The van der Waals surface area contributed by atoms with Crippen LogP contribution in [0.25, 0.3) is 0 Å². The molecule has 0 aliphatic heterocycles. The van der Waals surface area contributed by atoms with Crippen LogP contribution in [0.15, 0.2) is 23.1 Å². The summed E-state index contributed by atoms with van der Waals surface area (Å²) in [5, 5.41) is 12.1. The molecule has 15 heavy (non-hydrogen) atoms. The molecule has 0 spiro atoms. The molecule has 0 saturated carbocycles. The molecule has 0 amide bonds. The first-order chi connectivity index (χ1) is 6.86. The summed E-state index contributed by atoms with van der Waals surface area (Å²) in [5.41, 5.74) is 5.62. The Bertz CT molecular complexity index is 496. The van der Waals surface area contributed by atoms with Gasteiger partial charge in [-0.1, -0.05) is 0 Å². The number of nitrogens with two attached hydrogens (primary N) is 2. The molecular formula is C8H11N3O3S. The van der Waals surface area contributed by atoms with Gasteiger partial charge in [0.2, 0.25) is 10.0 Å². The van der Waals surface area contributed by atoms with E-state index in [1.807, 2.05) is 0 Å². The Morgan fingerprint density at radius 1 is 1.47 bits per heavy atom. The van der Waals surface area contributed by atoms with Crippen molar-refractivity contribution in [3.8, 4) is 5.75 Å². The lowest BCUT2D eigenvalue weighted by Crippen LogP contribution is -2.15. The van der Waals surface area contributed by atoms with Gasteiger partial charge in [-0.25, -0.2) is 13.6 Å². The standard InChI is InChI=1S/C8H11N3O3S/c1-14-6-4-5(8(9)10)2-3-7(6)15(11,12)13/h2-4H,1H3,(H3,9,10)(H2,11,12,13). The molecule has 0 saturated heterocycles. The molecule has 0 fully saturated rings. The van der Waals surface area contributed by atoms with Crippen LogP contribution in [0.2, 0.25) is 0 Å². The molecule has 1 aromatic rings. The third kappa shape index (κ3) is 2.45. The lowest BCUT2D eigenvalue weighted by atomic mass is 10.2. The average Bonchev–Trinajstić information content (AvgIpc) is 2.15. The Hall–Kier alpha value is -1.60. The van der Waals surface area contributed by atoms with Crippen LogP contribution < -0.4 is 15.6 Å². The summed E-state index contributed by atoms with van der Waals surface area (Å²) in [6, 6.07) is 4.00. The van der Waals surface area contributed by atoms with E-state index < -0.39 is 10.0 Å². The van der Waals surface area contributed by atoms with Gasteiger partial charge in [-0.2, -0.15) is 0 Å². The molecule has 0 atom stereocenters. The SMILES string of the molecule is COc1cc(C(=N)N)ccc1S(N)(=O)=O. The van der Waals surface area contributed by atoms with Crippen molar-refractivity contribution in [1.29, 1.82) is 5.41 Å². The predicted molar refractivity (Wildman–Crippen MR) is 55.4 cm³/mol. The third-order valence-corrected chi connectivity index (χ3v) is 2.73. The fraction of sp³-hybridized carbons (Fsp3) is 0.125. The molecule has 5 N–H and O–H groups in total. The second kappa shape index (κ2) is 3.87. The van der Waals surface area contributed by atoms with Gasteiger partial charge in [-0.3, -0.25) is 5.41 Å². The topological polar surface area (TPSA) is 119 Å². The maximum atomic E-state index is 11.1. The van der Waals surface area contributed by atoms with Crippen LogP contribution in [0.1, 0.15) is 5.56 Å². The molecule has 0 heterocycles. The van der Waals surface area contributed by atoms with Gasteiger partial charge in [0.1, 0.15) is 16.5 Å². The monoisotopic (exact) mass is 229 g/mol. The minimum atomic E-state index is -3.82. The highest BCUT2D eigenvalue weighted by Crippen LogP contribution is 2.23. The van der Waals surface area contributed by atoms with Crippen molar-refractivity contribution in [3.05, 3.63) is 23.8 Å². The number of hydrogen-bond donors (Lipinski definition) is 3. The number of nitrogen functional groups attached to an aromatic ring is 1. The van der Waals surface area contributed by atoms with Gasteiger partial charge in [0, 0.05) is 5.56 Å². The number of sulfonamides is 1. The average molecular weight is 229 g/mol. The van der Waals surface area contributed by atoms with Crippen molar-refractivity contribution in [1.82, 2.24) is 0 Å². The molecule has 1 aromatic carbocycles. The zero-order valence-electron chi connectivity index (χ0n) is 8.02. The van der Waals surface area contributed by atoms with E-state index in [1.54, 1.807) is 0 Å². The molecular weight excluding hydrogens is 218 g/mol. The first kappa shape index (κ1) is 11.5. The minimum Gasteiger partial charge on any atom is -0.495 e. The quantitative estimate of drug-likeness (QED) is 0.483. The molecule has 0 unspecified atom stereocenters. The van der Waals surface area contributed by atoms with E-state index >= 15 is 0 Å². The zero-order valence-corrected chi connectivity index (χ0v) is 8.84. The van der Waals surface area contributed by atoms with E-state index in [2.05, 4.69) is 0 Å². The van der Waals surface area contributed by atoms with Crippen LogP contribution in [0, 0.1) is 5.41 Å². The van der Waals surface area contributed by atoms with E-state index in [0.29, 0.717) is 5.56 Å².